The number of methoxy groups -OCH3 is 2. The third-order valence-electron chi connectivity index (χ3n) is 3.65. The van der Waals surface area contributed by atoms with Gasteiger partial charge in [-0.2, -0.15) is 0 Å². The molecule has 0 aliphatic heterocycles. The predicted octanol–water partition coefficient (Wildman–Crippen LogP) is 3.18. The SMILES string of the molecule is CCC(Oc1ccccc1OC)C(=O)NCc1ccccc1OC. The minimum Gasteiger partial charge on any atom is -0.496 e. The Morgan fingerprint density at radius 1 is 0.958 bits per heavy atom. The summed E-state index contributed by atoms with van der Waals surface area (Å²) in [5.41, 5.74) is 0.917. The fourth-order valence-electron chi connectivity index (χ4n) is 2.34. The Kier molecular flexibility index (Phi) is 6.49. The molecule has 0 bridgehead atoms. The summed E-state index contributed by atoms with van der Waals surface area (Å²) >= 11 is 0. The van der Waals surface area contributed by atoms with Crippen LogP contribution in [-0.4, -0.2) is 26.2 Å². The molecule has 0 fully saturated rings. The van der Waals surface area contributed by atoms with Crippen LogP contribution in [0.25, 0.3) is 0 Å². The molecule has 5 heteroatoms. The van der Waals surface area contributed by atoms with E-state index in [4.69, 9.17) is 14.2 Å². The maximum Gasteiger partial charge on any atom is 0.261 e. The molecule has 1 amide bonds. The molecule has 0 heterocycles. The Balaban J connectivity index is 2.01. The van der Waals surface area contributed by atoms with Crippen LogP contribution in [0.2, 0.25) is 0 Å². The average molecular weight is 329 g/mol. The normalized spacial score (nSPS) is 11.5. The van der Waals surface area contributed by atoms with Gasteiger partial charge in [-0.05, 0) is 24.6 Å². The van der Waals surface area contributed by atoms with Crippen molar-refractivity contribution in [2.75, 3.05) is 14.2 Å². The Bertz CT molecular complexity index is 672. The van der Waals surface area contributed by atoms with Crippen molar-refractivity contribution < 1.29 is 19.0 Å². The average Bonchev–Trinajstić information content (AvgIpc) is 2.64. The molecule has 1 N–H and O–H groups in total. The van der Waals surface area contributed by atoms with Gasteiger partial charge in [0, 0.05) is 12.1 Å². The van der Waals surface area contributed by atoms with Crippen LogP contribution in [0.15, 0.2) is 48.5 Å². The summed E-state index contributed by atoms with van der Waals surface area (Å²) in [5.74, 6) is 1.73. The number of carbonyl (C=O) groups is 1. The number of para-hydroxylation sites is 3. The lowest BCUT2D eigenvalue weighted by Gasteiger charge is -2.19. The summed E-state index contributed by atoms with van der Waals surface area (Å²) in [7, 11) is 3.19. The molecule has 5 nitrogen and oxygen atoms in total. The number of hydrogen-bond acceptors (Lipinski definition) is 4. The van der Waals surface area contributed by atoms with Crippen molar-refractivity contribution in [2.45, 2.75) is 26.0 Å². The zero-order valence-corrected chi connectivity index (χ0v) is 14.2. The van der Waals surface area contributed by atoms with Gasteiger partial charge in [0.15, 0.2) is 17.6 Å². The van der Waals surface area contributed by atoms with Crippen LogP contribution >= 0.6 is 0 Å². The highest BCUT2D eigenvalue weighted by Crippen LogP contribution is 2.27. The van der Waals surface area contributed by atoms with Crippen LogP contribution in [0.3, 0.4) is 0 Å². The molecule has 0 aliphatic rings. The molecular weight excluding hydrogens is 306 g/mol. The van der Waals surface area contributed by atoms with Crippen LogP contribution in [-0.2, 0) is 11.3 Å². The standard InChI is InChI=1S/C19H23NO4/c1-4-15(24-18-12-8-7-11-17(18)23-3)19(21)20-13-14-9-5-6-10-16(14)22-2/h5-12,15H,4,13H2,1-3H3,(H,20,21). The fourth-order valence-corrected chi connectivity index (χ4v) is 2.34. The van der Waals surface area contributed by atoms with E-state index in [9.17, 15) is 4.79 Å². The summed E-state index contributed by atoms with van der Waals surface area (Å²) in [4.78, 5) is 12.4. The number of carbonyl (C=O) groups excluding carboxylic acids is 1. The monoisotopic (exact) mass is 329 g/mol. The Morgan fingerprint density at radius 2 is 1.54 bits per heavy atom. The Hall–Kier alpha value is -2.69. The molecule has 0 saturated heterocycles. The lowest BCUT2D eigenvalue weighted by molar-refractivity contribution is -0.128. The summed E-state index contributed by atoms with van der Waals surface area (Å²) in [6.45, 7) is 2.29. The van der Waals surface area contributed by atoms with Crippen molar-refractivity contribution in [3.63, 3.8) is 0 Å². The van der Waals surface area contributed by atoms with E-state index >= 15 is 0 Å². The lowest BCUT2D eigenvalue weighted by Crippen LogP contribution is -2.37. The molecule has 0 saturated carbocycles. The first-order valence-electron chi connectivity index (χ1n) is 7.88. The number of hydrogen-bond donors (Lipinski definition) is 1. The van der Waals surface area contributed by atoms with E-state index < -0.39 is 6.10 Å². The highest BCUT2D eigenvalue weighted by molar-refractivity contribution is 5.81. The van der Waals surface area contributed by atoms with Crippen LogP contribution in [0.5, 0.6) is 17.2 Å². The van der Waals surface area contributed by atoms with Gasteiger partial charge in [0.25, 0.3) is 5.91 Å². The van der Waals surface area contributed by atoms with E-state index in [0.29, 0.717) is 24.5 Å². The first-order chi connectivity index (χ1) is 11.7. The van der Waals surface area contributed by atoms with Crippen molar-refractivity contribution in [1.29, 1.82) is 0 Å². The van der Waals surface area contributed by atoms with Gasteiger partial charge in [-0.25, -0.2) is 0 Å². The van der Waals surface area contributed by atoms with Gasteiger partial charge < -0.3 is 19.5 Å². The van der Waals surface area contributed by atoms with Crippen LogP contribution < -0.4 is 19.5 Å². The highest BCUT2D eigenvalue weighted by Gasteiger charge is 2.20. The maximum absolute atomic E-state index is 12.4. The zero-order chi connectivity index (χ0) is 17.4. The number of nitrogens with one attached hydrogen (secondary N) is 1. The molecule has 2 aromatic carbocycles. The molecule has 0 aliphatic carbocycles. The smallest absolute Gasteiger partial charge is 0.261 e. The second-order valence-electron chi connectivity index (χ2n) is 5.20. The molecular formula is C19H23NO4. The number of amides is 1. The van der Waals surface area contributed by atoms with Gasteiger partial charge in [-0.15, -0.1) is 0 Å². The van der Waals surface area contributed by atoms with Crippen molar-refractivity contribution in [2.24, 2.45) is 0 Å². The van der Waals surface area contributed by atoms with Gasteiger partial charge in [0.2, 0.25) is 0 Å². The van der Waals surface area contributed by atoms with E-state index in [1.165, 1.54) is 0 Å². The molecule has 1 atom stereocenters. The van der Waals surface area contributed by atoms with Crippen molar-refractivity contribution >= 4 is 5.91 Å². The molecule has 0 radical (unpaired) electrons. The molecule has 0 spiro atoms. The molecule has 128 valence electrons. The Labute approximate surface area is 142 Å². The summed E-state index contributed by atoms with van der Waals surface area (Å²) in [5, 5.41) is 2.90. The minimum atomic E-state index is -0.587. The molecule has 2 aromatic rings. The third kappa shape index (κ3) is 4.41. The highest BCUT2D eigenvalue weighted by atomic mass is 16.5. The van der Waals surface area contributed by atoms with Gasteiger partial charge in [0.05, 0.1) is 14.2 Å². The maximum atomic E-state index is 12.4. The number of ether oxygens (including phenoxy) is 3. The first-order valence-corrected chi connectivity index (χ1v) is 7.88. The van der Waals surface area contributed by atoms with Gasteiger partial charge >= 0.3 is 0 Å². The first kappa shape index (κ1) is 17.7. The van der Waals surface area contributed by atoms with E-state index in [2.05, 4.69) is 5.32 Å². The van der Waals surface area contributed by atoms with Crippen LogP contribution in [0.1, 0.15) is 18.9 Å². The van der Waals surface area contributed by atoms with Crippen LogP contribution in [0.4, 0.5) is 0 Å². The fraction of sp³-hybridized carbons (Fsp3) is 0.316. The molecule has 0 aromatic heterocycles. The Morgan fingerprint density at radius 3 is 2.17 bits per heavy atom. The summed E-state index contributed by atoms with van der Waals surface area (Å²) < 4.78 is 16.4. The van der Waals surface area contributed by atoms with Crippen molar-refractivity contribution in [1.82, 2.24) is 5.32 Å². The van der Waals surface area contributed by atoms with E-state index in [1.54, 1.807) is 26.4 Å². The lowest BCUT2D eigenvalue weighted by atomic mass is 10.2. The summed E-state index contributed by atoms with van der Waals surface area (Å²) in [6, 6.07) is 14.9. The molecule has 1 unspecified atom stereocenters. The molecule has 2 rings (SSSR count). The second kappa shape index (κ2) is 8.82. The van der Waals surface area contributed by atoms with Gasteiger partial charge in [0.1, 0.15) is 5.75 Å². The van der Waals surface area contributed by atoms with Gasteiger partial charge in [-0.3, -0.25) is 4.79 Å². The van der Waals surface area contributed by atoms with E-state index in [-0.39, 0.29) is 5.91 Å². The van der Waals surface area contributed by atoms with Gasteiger partial charge in [-0.1, -0.05) is 37.3 Å². The van der Waals surface area contributed by atoms with Crippen LogP contribution in [0, 0.1) is 0 Å². The topological polar surface area (TPSA) is 56.8 Å². The summed E-state index contributed by atoms with van der Waals surface area (Å²) in [6.07, 6.45) is -0.0356. The minimum absolute atomic E-state index is 0.172. The predicted molar refractivity (Wildman–Crippen MR) is 92.5 cm³/mol. The van der Waals surface area contributed by atoms with Crippen molar-refractivity contribution in [3.8, 4) is 17.2 Å². The largest absolute Gasteiger partial charge is 0.496 e. The van der Waals surface area contributed by atoms with Crippen molar-refractivity contribution in [3.05, 3.63) is 54.1 Å². The van der Waals surface area contributed by atoms with E-state index in [0.717, 1.165) is 11.3 Å². The number of benzene rings is 2. The molecule has 24 heavy (non-hydrogen) atoms. The third-order valence-corrected chi connectivity index (χ3v) is 3.65. The van der Waals surface area contributed by atoms with E-state index in [1.807, 2.05) is 43.3 Å². The zero-order valence-electron chi connectivity index (χ0n) is 14.2. The second-order valence-corrected chi connectivity index (χ2v) is 5.20. The quantitative estimate of drug-likeness (QED) is 0.808. The number of rotatable bonds is 8.